The lowest BCUT2D eigenvalue weighted by atomic mass is 10.2. The molecule has 0 bridgehead atoms. The van der Waals surface area contributed by atoms with Gasteiger partial charge in [-0.15, -0.1) is 0 Å². The molecule has 0 unspecified atom stereocenters. The zero-order valence-electron chi connectivity index (χ0n) is 9.84. The van der Waals surface area contributed by atoms with E-state index in [9.17, 15) is 4.79 Å². The summed E-state index contributed by atoms with van der Waals surface area (Å²) in [6.07, 6.45) is 0.875. The smallest absolute Gasteiger partial charge is 0.150 e. The van der Waals surface area contributed by atoms with Crippen molar-refractivity contribution in [1.29, 1.82) is 0 Å². The molecule has 0 fully saturated rings. The van der Waals surface area contributed by atoms with Gasteiger partial charge in [0.15, 0.2) is 0 Å². The van der Waals surface area contributed by atoms with Gasteiger partial charge in [-0.3, -0.25) is 4.79 Å². The van der Waals surface area contributed by atoms with E-state index < -0.39 is 0 Å². The lowest BCUT2D eigenvalue weighted by Crippen LogP contribution is -2.16. The first-order valence-electron chi connectivity index (χ1n) is 5.60. The van der Waals surface area contributed by atoms with Gasteiger partial charge in [-0.25, -0.2) is 0 Å². The van der Waals surface area contributed by atoms with Crippen molar-refractivity contribution in [3.8, 4) is 0 Å². The number of carbonyl (C=O) groups excluding carboxylic acids is 1. The minimum atomic E-state index is 0.711. The molecule has 2 heteroatoms. The van der Waals surface area contributed by atoms with Gasteiger partial charge in [-0.2, -0.15) is 0 Å². The molecule has 17 heavy (non-hydrogen) atoms. The van der Waals surface area contributed by atoms with Crippen molar-refractivity contribution in [2.24, 2.45) is 0 Å². The second-order valence-corrected chi connectivity index (χ2v) is 4.05. The maximum atomic E-state index is 10.7. The Bertz CT molecular complexity index is 493. The summed E-state index contributed by atoms with van der Waals surface area (Å²) in [6, 6.07) is 17.9. The molecule has 0 aliphatic rings. The molecule has 0 aromatic heterocycles. The summed E-state index contributed by atoms with van der Waals surface area (Å²) >= 11 is 0. The molecule has 0 N–H and O–H groups in total. The van der Waals surface area contributed by atoms with Gasteiger partial charge in [0, 0.05) is 24.8 Å². The van der Waals surface area contributed by atoms with E-state index >= 15 is 0 Å². The molecular weight excluding hydrogens is 210 g/mol. The first-order valence-corrected chi connectivity index (χ1v) is 5.60. The minimum absolute atomic E-state index is 0.711. The first-order chi connectivity index (χ1) is 8.29. The maximum absolute atomic E-state index is 10.7. The molecule has 0 amide bonds. The Labute approximate surface area is 102 Å². The van der Waals surface area contributed by atoms with Gasteiger partial charge in [0.25, 0.3) is 0 Å². The summed E-state index contributed by atoms with van der Waals surface area (Å²) in [4.78, 5) is 12.8. The van der Waals surface area contributed by atoms with Crippen LogP contribution in [-0.2, 0) is 6.54 Å². The molecule has 0 radical (unpaired) electrons. The molecule has 0 spiro atoms. The standard InChI is InChI=1S/C15H15NO/c1-16(11-13-6-3-2-4-7-13)15-9-5-8-14(10-15)12-17/h2-10,12H,11H2,1H3. The molecule has 2 aromatic carbocycles. The Morgan fingerprint density at radius 2 is 1.82 bits per heavy atom. The Morgan fingerprint density at radius 1 is 1.06 bits per heavy atom. The highest BCUT2D eigenvalue weighted by atomic mass is 16.1. The molecule has 2 rings (SSSR count). The molecule has 0 atom stereocenters. The molecule has 2 aromatic rings. The second-order valence-electron chi connectivity index (χ2n) is 4.05. The number of hydrogen-bond donors (Lipinski definition) is 0. The van der Waals surface area contributed by atoms with Gasteiger partial charge in [-0.1, -0.05) is 42.5 Å². The average Bonchev–Trinajstić information content (AvgIpc) is 2.40. The monoisotopic (exact) mass is 225 g/mol. The highest BCUT2D eigenvalue weighted by Crippen LogP contribution is 2.16. The van der Waals surface area contributed by atoms with Crippen LogP contribution in [0.2, 0.25) is 0 Å². The van der Waals surface area contributed by atoms with Crippen LogP contribution in [0, 0.1) is 0 Å². The molecule has 0 aliphatic heterocycles. The van der Waals surface area contributed by atoms with Crippen LogP contribution in [0.3, 0.4) is 0 Å². The normalized spacial score (nSPS) is 9.94. The molecule has 2 nitrogen and oxygen atoms in total. The van der Waals surface area contributed by atoms with Crippen molar-refractivity contribution in [1.82, 2.24) is 0 Å². The van der Waals surface area contributed by atoms with Crippen molar-refractivity contribution >= 4 is 12.0 Å². The summed E-state index contributed by atoms with van der Waals surface area (Å²) in [5, 5.41) is 0. The van der Waals surface area contributed by atoms with Crippen LogP contribution < -0.4 is 4.90 Å². The summed E-state index contributed by atoms with van der Waals surface area (Å²) in [6.45, 7) is 0.836. The number of nitrogens with zero attached hydrogens (tertiary/aromatic N) is 1. The summed E-state index contributed by atoms with van der Waals surface area (Å²) in [5.74, 6) is 0. The van der Waals surface area contributed by atoms with Crippen molar-refractivity contribution in [2.75, 3.05) is 11.9 Å². The van der Waals surface area contributed by atoms with Crippen LogP contribution in [0.1, 0.15) is 15.9 Å². The van der Waals surface area contributed by atoms with Gasteiger partial charge in [-0.05, 0) is 17.7 Å². The molecule has 0 heterocycles. The fraction of sp³-hybridized carbons (Fsp3) is 0.133. The van der Waals surface area contributed by atoms with Crippen LogP contribution >= 0.6 is 0 Å². The number of carbonyl (C=O) groups is 1. The number of aldehydes is 1. The largest absolute Gasteiger partial charge is 0.370 e. The van der Waals surface area contributed by atoms with Crippen LogP contribution in [0.15, 0.2) is 54.6 Å². The first kappa shape index (κ1) is 11.4. The minimum Gasteiger partial charge on any atom is -0.370 e. The number of benzene rings is 2. The SMILES string of the molecule is CN(Cc1ccccc1)c1cccc(C=O)c1. The van der Waals surface area contributed by atoms with E-state index in [-0.39, 0.29) is 0 Å². The van der Waals surface area contributed by atoms with Crippen molar-refractivity contribution in [3.63, 3.8) is 0 Å². The van der Waals surface area contributed by atoms with Crippen LogP contribution in [0.5, 0.6) is 0 Å². The highest BCUT2D eigenvalue weighted by molar-refractivity contribution is 5.77. The third-order valence-electron chi connectivity index (χ3n) is 2.71. The van der Waals surface area contributed by atoms with Crippen LogP contribution in [-0.4, -0.2) is 13.3 Å². The predicted molar refractivity (Wildman–Crippen MR) is 70.4 cm³/mol. The second kappa shape index (κ2) is 5.30. The van der Waals surface area contributed by atoms with Crippen molar-refractivity contribution in [2.45, 2.75) is 6.54 Å². The third-order valence-corrected chi connectivity index (χ3v) is 2.71. The molecule has 0 aliphatic carbocycles. The summed E-state index contributed by atoms with van der Waals surface area (Å²) in [7, 11) is 2.02. The fourth-order valence-electron chi connectivity index (χ4n) is 1.78. The number of rotatable bonds is 4. The quantitative estimate of drug-likeness (QED) is 0.745. The van der Waals surface area contributed by atoms with E-state index in [0.717, 1.165) is 18.5 Å². The fourth-order valence-corrected chi connectivity index (χ4v) is 1.78. The third kappa shape index (κ3) is 2.94. The van der Waals surface area contributed by atoms with E-state index in [4.69, 9.17) is 0 Å². The molecular formula is C15H15NO. The Morgan fingerprint density at radius 3 is 2.53 bits per heavy atom. The number of anilines is 1. The van der Waals surface area contributed by atoms with E-state index in [1.165, 1.54) is 5.56 Å². The van der Waals surface area contributed by atoms with Crippen LogP contribution in [0.4, 0.5) is 5.69 Å². The Balaban J connectivity index is 2.14. The van der Waals surface area contributed by atoms with E-state index in [2.05, 4.69) is 17.0 Å². The van der Waals surface area contributed by atoms with Gasteiger partial charge in [0.2, 0.25) is 0 Å². The van der Waals surface area contributed by atoms with Crippen molar-refractivity contribution in [3.05, 3.63) is 65.7 Å². The van der Waals surface area contributed by atoms with E-state index in [1.54, 1.807) is 0 Å². The predicted octanol–water partition coefficient (Wildman–Crippen LogP) is 3.14. The maximum Gasteiger partial charge on any atom is 0.150 e. The lowest BCUT2D eigenvalue weighted by Gasteiger charge is -2.19. The highest BCUT2D eigenvalue weighted by Gasteiger charge is 2.02. The summed E-state index contributed by atoms with van der Waals surface area (Å²) in [5.41, 5.74) is 3.02. The number of hydrogen-bond acceptors (Lipinski definition) is 2. The molecule has 0 saturated carbocycles. The Hall–Kier alpha value is -2.09. The Kier molecular flexibility index (Phi) is 3.55. The van der Waals surface area contributed by atoms with Gasteiger partial charge >= 0.3 is 0 Å². The van der Waals surface area contributed by atoms with Crippen LogP contribution in [0.25, 0.3) is 0 Å². The van der Waals surface area contributed by atoms with E-state index in [1.807, 2.05) is 49.5 Å². The molecule has 0 saturated heterocycles. The molecule has 86 valence electrons. The van der Waals surface area contributed by atoms with Crippen molar-refractivity contribution < 1.29 is 4.79 Å². The average molecular weight is 225 g/mol. The zero-order valence-corrected chi connectivity index (χ0v) is 9.84. The van der Waals surface area contributed by atoms with Gasteiger partial charge in [0.05, 0.1) is 0 Å². The summed E-state index contributed by atoms with van der Waals surface area (Å²) < 4.78 is 0. The zero-order chi connectivity index (χ0) is 12.1. The van der Waals surface area contributed by atoms with E-state index in [0.29, 0.717) is 5.56 Å². The van der Waals surface area contributed by atoms with Gasteiger partial charge < -0.3 is 4.90 Å². The van der Waals surface area contributed by atoms with Gasteiger partial charge in [0.1, 0.15) is 6.29 Å². The topological polar surface area (TPSA) is 20.3 Å². The lowest BCUT2D eigenvalue weighted by molar-refractivity contribution is 0.112.